The van der Waals surface area contributed by atoms with Crippen molar-refractivity contribution in [2.24, 2.45) is 4.99 Å². The standard InChI is InChI=1S/C18H28BrN3O2S/c1-17(2,14-6-8-15(19)9-7-14)12-21-16(20-5)22-10-11-25(23,24)18(3,4)13-22/h6-9H,10-13H2,1-5H3,(H,20,21). The fourth-order valence-corrected chi connectivity index (χ4v) is 4.59. The summed E-state index contributed by atoms with van der Waals surface area (Å²) in [4.78, 5) is 6.41. The van der Waals surface area contributed by atoms with Gasteiger partial charge in [0.15, 0.2) is 15.8 Å². The average Bonchev–Trinajstić information content (AvgIpc) is 2.51. The molecule has 0 aromatic heterocycles. The molecule has 2 rings (SSSR count). The second kappa shape index (κ2) is 7.27. The van der Waals surface area contributed by atoms with E-state index in [9.17, 15) is 8.42 Å². The summed E-state index contributed by atoms with van der Waals surface area (Å²) < 4.78 is 24.7. The molecule has 1 heterocycles. The third-order valence-corrected chi connectivity index (χ3v) is 7.93. The summed E-state index contributed by atoms with van der Waals surface area (Å²) in [6.45, 7) is 9.58. The highest BCUT2D eigenvalue weighted by Gasteiger charge is 2.41. The Bertz CT molecular complexity index is 740. The van der Waals surface area contributed by atoms with Crippen LogP contribution in [0.25, 0.3) is 0 Å². The maximum Gasteiger partial charge on any atom is 0.193 e. The normalized spacial score (nSPS) is 20.4. The Balaban J connectivity index is 2.07. The van der Waals surface area contributed by atoms with Gasteiger partial charge in [-0.25, -0.2) is 8.42 Å². The highest BCUT2D eigenvalue weighted by molar-refractivity contribution is 9.10. The molecule has 0 atom stereocenters. The molecule has 0 aliphatic carbocycles. The van der Waals surface area contributed by atoms with E-state index < -0.39 is 14.6 Å². The van der Waals surface area contributed by atoms with Gasteiger partial charge in [-0.05, 0) is 31.5 Å². The van der Waals surface area contributed by atoms with E-state index in [4.69, 9.17) is 0 Å². The number of rotatable bonds is 3. The first-order chi connectivity index (χ1) is 11.5. The van der Waals surface area contributed by atoms with Gasteiger partial charge in [-0.2, -0.15) is 0 Å². The molecular weight excluding hydrogens is 402 g/mol. The summed E-state index contributed by atoms with van der Waals surface area (Å²) in [6.07, 6.45) is 0. The van der Waals surface area contributed by atoms with Crippen LogP contribution in [-0.2, 0) is 15.3 Å². The molecule has 25 heavy (non-hydrogen) atoms. The van der Waals surface area contributed by atoms with E-state index in [0.29, 0.717) is 19.6 Å². The topological polar surface area (TPSA) is 61.8 Å². The number of halogens is 1. The van der Waals surface area contributed by atoms with Gasteiger partial charge in [0.05, 0.1) is 10.5 Å². The zero-order valence-electron chi connectivity index (χ0n) is 15.6. The number of nitrogens with one attached hydrogen (secondary N) is 1. The van der Waals surface area contributed by atoms with Crippen molar-refractivity contribution in [3.63, 3.8) is 0 Å². The van der Waals surface area contributed by atoms with E-state index >= 15 is 0 Å². The van der Waals surface area contributed by atoms with Gasteiger partial charge in [-0.1, -0.05) is 41.9 Å². The van der Waals surface area contributed by atoms with Gasteiger partial charge < -0.3 is 10.2 Å². The number of sulfone groups is 1. The Morgan fingerprint density at radius 2 is 1.92 bits per heavy atom. The van der Waals surface area contributed by atoms with Crippen LogP contribution >= 0.6 is 15.9 Å². The third kappa shape index (κ3) is 4.56. The molecular formula is C18H28BrN3O2S. The maximum absolute atomic E-state index is 12.2. The van der Waals surface area contributed by atoms with E-state index in [1.807, 2.05) is 17.0 Å². The van der Waals surface area contributed by atoms with Crippen molar-refractivity contribution < 1.29 is 8.42 Å². The predicted octanol–water partition coefficient (Wildman–Crippen LogP) is 2.81. The molecule has 0 radical (unpaired) electrons. The van der Waals surface area contributed by atoms with Crippen molar-refractivity contribution in [2.75, 3.05) is 32.4 Å². The minimum atomic E-state index is -3.05. The number of nitrogens with zero attached hydrogens (tertiary/aromatic N) is 2. The monoisotopic (exact) mass is 429 g/mol. The van der Waals surface area contributed by atoms with E-state index in [-0.39, 0.29) is 11.2 Å². The molecule has 0 spiro atoms. The second-order valence-electron chi connectivity index (χ2n) is 7.79. The van der Waals surface area contributed by atoms with E-state index in [0.717, 1.165) is 10.4 Å². The van der Waals surface area contributed by atoms with Crippen molar-refractivity contribution in [3.05, 3.63) is 34.3 Å². The first kappa shape index (κ1) is 20.2. The largest absolute Gasteiger partial charge is 0.355 e. The van der Waals surface area contributed by atoms with Crippen molar-refractivity contribution >= 4 is 31.7 Å². The fourth-order valence-electron chi connectivity index (χ4n) is 2.96. The number of aliphatic imine (C=N–C) groups is 1. The van der Waals surface area contributed by atoms with Crippen LogP contribution in [0, 0.1) is 0 Å². The molecule has 5 nitrogen and oxygen atoms in total. The Hall–Kier alpha value is -1.08. The predicted molar refractivity (Wildman–Crippen MR) is 108 cm³/mol. The minimum Gasteiger partial charge on any atom is -0.355 e. The van der Waals surface area contributed by atoms with E-state index in [1.54, 1.807) is 20.9 Å². The Morgan fingerprint density at radius 3 is 2.44 bits per heavy atom. The quantitative estimate of drug-likeness (QED) is 0.592. The first-order valence-corrected chi connectivity index (χ1v) is 10.9. The van der Waals surface area contributed by atoms with Crippen LogP contribution in [0.3, 0.4) is 0 Å². The number of hydrogen-bond donors (Lipinski definition) is 1. The molecule has 1 fully saturated rings. The second-order valence-corrected chi connectivity index (χ2v) is 11.5. The number of benzene rings is 1. The van der Waals surface area contributed by atoms with Crippen LogP contribution in [0.15, 0.2) is 33.7 Å². The molecule has 0 amide bonds. The maximum atomic E-state index is 12.2. The Kier molecular flexibility index (Phi) is 5.88. The van der Waals surface area contributed by atoms with Crippen LogP contribution < -0.4 is 5.32 Å². The lowest BCUT2D eigenvalue weighted by molar-refractivity contribution is 0.349. The zero-order chi connectivity index (χ0) is 18.9. The third-order valence-electron chi connectivity index (χ3n) is 4.87. The van der Waals surface area contributed by atoms with Crippen LogP contribution in [0.2, 0.25) is 0 Å². The molecule has 1 aromatic carbocycles. The summed E-state index contributed by atoms with van der Waals surface area (Å²) >= 11 is 3.47. The smallest absolute Gasteiger partial charge is 0.193 e. The Labute approximate surface area is 160 Å². The number of guanidine groups is 1. The minimum absolute atomic E-state index is 0.0754. The summed E-state index contributed by atoms with van der Waals surface area (Å²) in [5, 5.41) is 3.43. The molecule has 1 aromatic rings. The van der Waals surface area contributed by atoms with Gasteiger partial charge in [0, 0.05) is 36.6 Å². The Morgan fingerprint density at radius 1 is 1.32 bits per heavy atom. The number of hydrogen-bond acceptors (Lipinski definition) is 3. The molecule has 1 aliphatic rings. The molecule has 140 valence electrons. The van der Waals surface area contributed by atoms with Crippen molar-refractivity contribution in [1.82, 2.24) is 10.2 Å². The molecule has 0 unspecified atom stereocenters. The van der Waals surface area contributed by atoms with Gasteiger partial charge in [0.1, 0.15) is 0 Å². The van der Waals surface area contributed by atoms with Crippen molar-refractivity contribution in [1.29, 1.82) is 0 Å². The van der Waals surface area contributed by atoms with E-state index in [1.165, 1.54) is 5.56 Å². The van der Waals surface area contributed by atoms with Crippen molar-refractivity contribution in [3.8, 4) is 0 Å². The highest BCUT2D eigenvalue weighted by Crippen LogP contribution is 2.26. The lowest BCUT2D eigenvalue weighted by atomic mass is 9.85. The molecule has 1 aliphatic heterocycles. The zero-order valence-corrected chi connectivity index (χ0v) is 18.0. The van der Waals surface area contributed by atoms with Crippen LogP contribution in [0.4, 0.5) is 0 Å². The first-order valence-electron chi connectivity index (χ1n) is 8.42. The molecule has 1 N–H and O–H groups in total. The van der Waals surface area contributed by atoms with Crippen LogP contribution in [0.5, 0.6) is 0 Å². The average molecular weight is 430 g/mol. The van der Waals surface area contributed by atoms with Gasteiger partial charge in [0.2, 0.25) is 0 Å². The van der Waals surface area contributed by atoms with Gasteiger partial charge in [0.25, 0.3) is 0 Å². The van der Waals surface area contributed by atoms with Crippen LogP contribution in [-0.4, -0.2) is 56.5 Å². The van der Waals surface area contributed by atoms with Crippen LogP contribution in [0.1, 0.15) is 33.3 Å². The molecule has 1 saturated heterocycles. The lowest BCUT2D eigenvalue weighted by Gasteiger charge is -2.40. The summed E-state index contributed by atoms with van der Waals surface area (Å²) in [6, 6.07) is 8.32. The molecule has 0 saturated carbocycles. The highest BCUT2D eigenvalue weighted by atomic mass is 79.9. The van der Waals surface area contributed by atoms with Gasteiger partial charge in [-0.3, -0.25) is 4.99 Å². The fraction of sp³-hybridized carbons (Fsp3) is 0.611. The summed E-state index contributed by atoms with van der Waals surface area (Å²) in [5.41, 5.74) is 1.16. The summed E-state index contributed by atoms with van der Waals surface area (Å²) in [7, 11) is -1.31. The van der Waals surface area contributed by atoms with E-state index in [2.05, 4.69) is 52.2 Å². The van der Waals surface area contributed by atoms with Crippen molar-refractivity contribution in [2.45, 2.75) is 37.9 Å². The lowest BCUT2D eigenvalue weighted by Crippen LogP contribution is -2.58. The summed E-state index contributed by atoms with van der Waals surface area (Å²) in [5.74, 6) is 0.921. The SMILES string of the molecule is CN=C(NCC(C)(C)c1ccc(Br)cc1)N1CCS(=O)(=O)C(C)(C)C1. The molecule has 7 heteroatoms. The molecule has 0 bridgehead atoms. The van der Waals surface area contributed by atoms with Gasteiger partial charge >= 0.3 is 0 Å². The van der Waals surface area contributed by atoms with Gasteiger partial charge in [-0.15, -0.1) is 0 Å².